The lowest BCUT2D eigenvalue weighted by molar-refractivity contribution is 0.922. The van der Waals surface area contributed by atoms with Crippen LogP contribution < -0.4 is 5.32 Å². The zero-order chi connectivity index (χ0) is 13.0. The van der Waals surface area contributed by atoms with Crippen molar-refractivity contribution >= 4 is 5.69 Å². The lowest BCUT2D eigenvalue weighted by Crippen LogP contribution is -2.00. The van der Waals surface area contributed by atoms with Crippen LogP contribution in [0.25, 0.3) is 11.4 Å². The van der Waals surface area contributed by atoms with Gasteiger partial charge in [0.1, 0.15) is 5.82 Å². The Morgan fingerprint density at radius 3 is 2.72 bits per heavy atom. The van der Waals surface area contributed by atoms with Gasteiger partial charge in [0.05, 0.1) is 0 Å². The Labute approximate surface area is 109 Å². The summed E-state index contributed by atoms with van der Waals surface area (Å²) in [4.78, 5) is 7.70. The molecule has 0 spiro atoms. The van der Waals surface area contributed by atoms with Gasteiger partial charge in [-0.05, 0) is 38.0 Å². The molecule has 3 heteroatoms. The molecule has 0 amide bonds. The van der Waals surface area contributed by atoms with Crippen molar-refractivity contribution in [2.75, 3.05) is 11.9 Å². The Balaban J connectivity index is 2.39. The van der Waals surface area contributed by atoms with E-state index in [0.717, 1.165) is 35.7 Å². The first-order valence-corrected chi connectivity index (χ1v) is 6.63. The van der Waals surface area contributed by atoms with Crippen molar-refractivity contribution in [1.29, 1.82) is 0 Å². The largest absolute Gasteiger partial charge is 0.385 e. The third-order valence-corrected chi connectivity index (χ3v) is 2.95. The summed E-state index contributed by atoms with van der Waals surface area (Å²) in [6.45, 7) is 7.26. The van der Waals surface area contributed by atoms with Crippen LogP contribution in [-0.2, 0) is 6.42 Å². The third kappa shape index (κ3) is 2.73. The molecule has 2 rings (SSSR count). The lowest BCUT2D eigenvalue weighted by atomic mass is 10.0. The summed E-state index contributed by atoms with van der Waals surface area (Å²) in [6, 6.07) is 6.58. The van der Waals surface area contributed by atoms with Crippen molar-refractivity contribution in [1.82, 2.24) is 9.97 Å². The first-order chi connectivity index (χ1) is 8.74. The van der Waals surface area contributed by atoms with E-state index in [1.54, 1.807) is 0 Å². The van der Waals surface area contributed by atoms with Crippen molar-refractivity contribution in [2.45, 2.75) is 33.6 Å². The van der Waals surface area contributed by atoms with E-state index >= 15 is 0 Å². The van der Waals surface area contributed by atoms with Gasteiger partial charge in [0.2, 0.25) is 0 Å². The van der Waals surface area contributed by atoms with Gasteiger partial charge in [-0.25, -0.2) is 4.98 Å². The molecule has 2 N–H and O–H groups in total. The number of anilines is 1. The number of rotatable bonds is 5. The molecule has 2 aromatic rings. The van der Waals surface area contributed by atoms with E-state index in [9.17, 15) is 0 Å². The van der Waals surface area contributed by atoms with Gasteiger partial charge < -0.3 is 10.3 Å². The van der Waals surface area contributed by atoms with E-state index < -0.39 is 0 Å². The van der Waals surface area contributed by atoms with Crippen LogP contribution in [0.4, 0.5) is 5.69 Å². The van der Waals surface area contributed by atoms with Gasteiger partial charge in [0.25, 0.3) is 0 Å². The van der Waals surface area contributed by atoms with E-state index in [1.807, 2.05) is 13.1 Å². The van der Waals surface area contributed by atoms with Crippen LogP contribution >= 0.6 is 0 Å². The second kappa shape index (κ2) is 5.71. The van der Waals surface area contributed by atoms with Gasteiger partial charge in [-0.3, -0.25) is 0 Å². The maximum atomic E-state index is 4.41. The summed E-state index contributed by atoms with van der Waals surface area (Å²) in [5.41, 5.74) is 4.77. The fraction of sp³-hybridized carbons (Fsp3) is 0.400. The summed E-state index contributed by atoms with van der Waals surface area (Å²) >= 11 is 0. The number of nitrogens with one attached hydrogen (secondary N) is 2. The van der Waals surface area contributed by atoms with Crippen LogP contribution in [-0.4, -0.2) is 16.5 Å². The maximum absolute atomic E-state index is 4.41. The van der Waals surface area contributed by atoms with E-state index in [1.165, 1.54) is 12.0 Å². The Hall–Kier alpha value is -1.77. The second-order valence-corrected chi connectivity index (χ2v) is 4.58. The average molecular weight is 243 g/mol. The highest BCUT2D eigenvalue weighted by Crippen LogP contribution is 2.27. The first kappa shape index (κ1) is 12.7. The topological polar surface area (TPSA) is 40.7 Å². The molecule has 0 saturated carbocycles. The highest BCUT2D eigenvalue weighted by atomic mass is 14.9. The van der Waals surface area contributed by atoms with Crippen molar-refractivity contribution in [2.24, 2.45) is 0 Å². The van der Waals surface area contributed by atoms with E-state index in [-0.39, 0.29) is 0 Å². The third-order valence-electron chi connectivity index (χ3n) is 2.95. The van der Waals surface area contributed by atoms with Gasteiger partial charge in [-0.2, -0.15) is 0 Å². The average Bonchev–Trinajstić information content (AvgIpc) is 2.77. The molecule has 1 heterocycles. The molecule has 1 aromatic heterocycles. The molecule has 0 fully saturated rings. The van der Waals surface area contributed by atoms with Crippen LogP contribution in [0.2, 0.25) is 0 Å². The monoisotopic (exact) mass is 243 g/mol. The minimum absolute atomic E-state index is 0.919. The Bertz CT molecular complexity index is 514. The quantitative estimate of drug-likeness (QED) is 0.839. The second-order valence-electron chi connectivity index (χ2n) is 4.58. The summed E-state index contributed by atoms with van der Waals surface area (Å²) in [5.74, 6) is 0.937. The molecule has 3 nitrogen and oxygen atoms in total. The normalized spacial score (nSPS) is 10.6. The van der Waals surface area contributed by atoms with Gasteiger partial charge >= 0.3 is 0 Å². The molecule has 0 aliphatic heterocycles. The van der Waals surface area contributed by atoms with Gasteiger partial charge in [0, 0.05) is 29.7 Å². The van der Waals surface area contributed by atoms with Crippen LogP contribution in [0.15, 0.2) is 24.4 Å². The molecule has 0 radical (unpaired) electrons. The first-order valence-electron chi connectivity index (χ1n) is 6.63. The Morgan fingerprint density at radius 1 is 1.28 bits per heavy atom. The fourth-order valence-electron chi connectivity index (χ4n) is 2.13. The molecule has 0 aliphatic rings. The van der Waals surface area contributed by atoms with Crippen LogP contribution in [0.3, 0.4) is 0 Å². The van der Waals surface area contributed by atoms with Gasteiger partial charge in [-0.15, -0.1) is 0 Å². The molecular formula is C15H21N3. The number of aromatic nitrogens is 2. The molecule has 96 valence electrons. The lowest BCUT2D eigenvalue weighted by Gasteiger charge is -2.11. The number of hydrogen-bond donors (Lipinski definition) is 2. The standard InChI is InChI=1S/C15H21N3/c1-4-6-12-7-8-13(14(9-12)16-5-2)15-17-10-11(3)18-15/h7-10,16H,4-6H2,1-3H3,(H,17,18). The summed E-state index contributed by atoms with van der Waals surface area (Å²) in [6.07, 6.45) is 4.16. The zero-order valence-corrected chi connectivity index (χ0v) is 11.4. The molecule has 1 aromatic carbocycles. The van der Waals surface area contributed by atoms with Crippen LogP contribution in [0, 0.1) is 6.92 Å². The number of benzene rings is 1. The molecule has 18 heavy (non-hydrogen) atoms. The summed E-state index contributed by atoms with van der Waals surface area (Å²) < 4.78 is 0. The molecule has 0 aliphatic carbocycles. The number of aromatic amines is 1. The van der Waals surface area contributed by atoms with Gasteiger partial charge in [-0.1, -0.05) is 19.4 Å². The van der Waals surface area contributed by atoms with Crippen molar-refractivity contribution in [3.8, 4) is 11.4 Å². The van der Waals surface area contributed by atoms with E-state index in [0.29, 0.717) is 0 Å². The van der Waals surface area contributed by atoms with E-state index in [2.05, 4.69) is 47.3 Å². The number of imidazole rings is 1. The van der Waals surface area contributed by atoms with Crippen molar-refractivity contribution in [3.05, 3.63) is 35.7 Å². The number of nitrogens with zero attached hydrogens (tertiary/aromatic N) is 1. The molecule has 0 bridgehead atoms. The smallest absolute Gasteiger partial charge is 0.139 e. The fourth-order valence-corrected chi connectivity index (χ4v) is 2.13. The highest BCUT2D eigenvalue weighted by Gasteiger charge is 2.08. The number of hydrogen-bond acceptors (Lipinski definition) is 2. The molecule has 0 saturated heterocycles. The predicted octanol–water partition coefficient (Wildman–Crippen LogP) is 3.77. The Morgan fingerprint density at radius 2 is 2.11 bits per heavy atom. The maximum Gasteiger partial charge on any atom is 0.139 e. The minimum atomic E-state index is 0.919. The molecule has 0 atom stereocenters. The van der Waals surface area contributed by atoms with Gasteiger partial charge in [0.15, 0.2) is 0 Å². The number of aryl methyl sites for hydroxylation is 2. The Kier molecular flexibility index (Phi) is 4.03. The minimum Gasteiger partial charge on any atom is -0.385 e. The summed E-state index contributed by atoms with van der Waals surface area (Å²) in [5, 5.41) is 3.42. The SMILES string of the molecule is CCCc1ccc(-c2ncc(C)[nH]2)c(NCC)c1. The number of H-pyrrole nitrogens is 1. The zero-order valence-electron chi connectivity index (χ0n) is 11.4. The molecule has 0 unspecified atom stereocenters. The van der Waals surface area contributed by atoms with Crippen LogP contribution in [0.1, 0.15) is 31.5 Å². The predicted molar refractivity (Wildman–Crippen MR) is 76.9 cm³/mol. The highest BCUT2D eigenvalue weighted by molar-refractivity contribution is 5.74. The summed E-state index contributed by atoms with van der Waals surface area (Å²) in [7, 11) is 0. The van der Waals surface area contributed by atoms with Crippen molar-refractivity contribution < 1.29 is 0 Å². The molecular weight excluding hydrogens is 222 g/mol. The van der Waals surface area contributed by atoms with E-state index in [4.69, 9.17) is 0 Å². The van der Waals surface area contributed by atoms with Crippen molar-refractivity contribution in [3.63, 3.8) is 0 Å². The van der Waals surface area contributed by atoms with Crippen LogP contribution in [0.5, 0.6) is 0 Å².